The Morgan fingerprint density at radius 1 is 1.12 bits per heavy atom. The number of fused-ring (bicyclic) bond motifs is 1. The van der Waals surface area contributed by atoms with Crippen LogP contribution in [-0.2, 0) is 43.5 Å². The van der Waals surface area contributed by atoms with E-state index in [4.69, 9.17) is 14.6 Å². The molecule has 5 rings (SSSR count). The Bertz CT molecular complexity index is 1420. The molecule has 1 spiro atoms. The molecular weight excluding hydrogens is 558 g/mol. The summed E-state index contributed by atoms with van der Waals surface area (Å²) in [7, 11) is -3.54. The maximum Gasteiger partial charge on any atom is 0.338 e. The van der Waals surface area contributed by atoms with E-state index in [1.807, 2.05) is 6.92 Å². The normalized spacial score (nSPS) is 22.2. The second-order valence-corrected chi connectivity index (χ2v) is 14.2. The van der Waals surface area contributed by atoms with Crippen molar-refractivity contribution in [3.8, 4) is 0 Å². The number of rotatable bonds is 9. The zero-order valence-electron chi connectivity index (χ0n) is 24.5. The molecular formula is C31H41N3O7S. The number of nitrogens with one attached hydrogen (secondary N) is 1. The molecule has 2 aliphatic heterocycles. The molecule has 10 nitrogen and oxygen atoms in total. The van der Waals surface area contributed by atoms with Crippen molar-refractivity contribution >= 4 is 27.5 Å². The molecule has 0 radical (unpaired) electrons. The third-order valence-electron chi connectivity index (χ3n) is 9.28. The topological polar surface area (TPSA) is 134 Å². The van der Waals surface area contributed by atoms with E-state index >= 15 is 0 Å². The Kier molecular flexibility index (Phi) is 9.17. The fourth-order valence-corrected chi connectivity index (χ4v) is 8.40. The molecule has 2 aromatic rings. The zero-order chi connectivity index (χ0) is 29.9. The van der Waals surface area contributed by atoms with E-state index in [2.05, 4.69) is 5.32 Å². The van der Waals surface area contributed by atoms with Crippen molar-refractivity contribution in [3.63, 3.8) is 0 Å². The van der Waals surface area contributed by atoms with Gasteiger partial charge in [0.1, 0.15) is 11.5 Å². The summed E-state index contributed by atoms with van der Waals surface area (Å²) in [6, 6.07) is 5.91. The first-order valence-electron chi connectivity index (χ1n) is 15.1. The zero-order valence-corrected chi connectivity index (χ0v) is 25.3. The van der Waals surface area contributed by atoms with Gasteiger partial charge in [-0.2, -0.15) is 5.10 Å². The van der Waals surface area contributed by atoms with Crippen LogP contribution in [0.1, 0.15) is 90.9 Å². The number of hydrogen-bond donors (Lipinski definition) is 1. The lowest BCUT2D eigenvalue weighted by Crippen LogP contribution is -2.40. The molecule has 0 unspecified atom stereocenters. The molecule has 3 heterocycles. The van der Waals surface area contributed by atoms with Gasteiger partial charge in [-0.25, -0.2) is 13.2 Å². The number of aromatic nitrogens is 2. The number of ketones is 1. The smallest absolute Gasteiger partial charge is 0.338 e. The molecule has 1 saturated carbocycles. The number of hydrogen-bond acceptors (Lipinski definition) is 8. The van der Waals surface area contributed by atoms with E-state index in [0.717, 1.165) is 30.5 Å². The van der Waals surface area contributed by atoms with E-state index in [1.165, 1.54) is 24.3 Å². The highest BCUT2D eigenvalue weighted by Gasteiger charge is 2.39. The van der Waals surface area contributed by atoms with Crippen molar-refractivity contribution in [3.05, 3.63) is 46.8 Å². The van der Waals surface area contributed by atoms with E-state index in [9.17, 15) is 22.8 Å². The first-order chi connectivity index (χ1) is 20.1. The molecule has 11 heteroatoms. The number of ether oxygens (including phenoxy) is 2. The maximum atomic E-state index is 13.1. The van der Waals surface area contributed by atoms with E-state index in [-0.39, 0.29) is 40.1 Å². The molecule has 2 fully saturated rings. The Balaban J connectivity index is 1.17. The van der Waals surface area contributed by atoms with Gasteiger partial charge in [0, 0.05) is 37.8 Å². The summed E-state index contributed by atoms with van der Waals surface area (Å²) >= 11 is 0. The SMILES string of the molecule is CCn1nc(CCCOC(=O)c2ccc(S(=O)(=O)C3CCC(C(C)=O)CC3)cc2)c2c1C(=O)NCC1(CCOCC1)C2. The van der Waals surface area contributed by atoms with Crippen molar-refractivity contribution in [2.24, 2.45) is 11.3 Å². The summed E-state index contributed by atoms with van der Waals surface area (Å²) in [5.74, 6) is -0.530. The van der Waals surface area contributed by atoms with Gasteiger partial charge >= 0.3 is 5.97 Å². The minimum absolute atomic E-state index is 0.0322. The lowest BCUT2D eigenvalue weighted by molar-refractivity contribution is -0.121. The fraction of sp³-hybridized carbons (Fsp3) is 0.613. The number of carbonyl (C=O) groups excluding carboxylic acids is 3. The van der Waals surface area contributed by atoms with Gasteiger partial charge in [-0.05, 0) is 101 Å². The van der Waals surface area contributed by atoms with Crippen molar-refractivity contribution in [1.29, 1.82) is 0 Å². The van der Waals surface area contributed by atoms with Gasteiger partial charge in [0.2, 0.25) is 0 Å². The summed E-state index contributed by atoms with van der Waals surface area (Å²) in [4.78, 5) is 37.5. The fourth-order valence-electron chi connectivity index (χ4n) is 6.61. The minimum Gasteiger partial charge on any atom is -0.462 e. The van der Waals surface area contributed by atoms with Crippen LogP contribution in [0.5, 0.6) is 0 Å². The summed E-state index contributed by atoms with van der Waals surface area (Å²) in [5.41, 5.74) is 2.76. The Morgan fingerprint density at radius 3 is 2.45 bits per heavy atom. The Morgan fingerprint density at radius 2 is 1.81 bits per heavy atom. The highest BCUT2D eigenvalue weighted by Crippen LogP contribution is 2.38. The van der Waals surface area contributed by atoms with Crippen LogP contribution in [0, 0.1) is 11.3 Å². The van der Waals surface area contributed by atoms with Crippen LogP contribution >= 0.6 is 0 Å². The van der Waals surface area contributed by atoms with Gasteiger partial charge in [0.05, 0.1) is 28.0 Å². The highest BCUT2D eigenvalue weighted by atomic mass is 32.2. The summed E-state index contributed by atoms with van der Waals surface area (Å²) in [6.07, 6.45) is 5.80. The number of sulfone groups is 1. The van der Waals surface area contributed by atoms with Crippen LogP contribution in [0.3, 0.4) is 0 Å². The molecule has 0 atom stereocenters. The number of esters is 1. The number of carbonyl (C=O) groups is 3. The summed E-state index contributed by atoms with van der Waals surface area (Å²) in [6.45, 7) is 6.31. The Labute approximate surface area is 247 Å². The first-order valence-corrected chi connectivity index (χ1v) is 16.6. The van der Waals surface area contributed by atoms with Crippen molar-refractivity contribution in [2.75, 3.05) is 26.4 Å². The van der Waals surface area contributed by atoms with Crippen LogP contribution in [0.15, 0.2) is 29.2 Å². The number of amides is 1. The molecule has 1 N–H and O–H groups in total. The van der Waals surface area contributed by atoms with Crippen LogP contribution in [-0.4, -0.2) is 67.5 Å². The summed E-state index contributed by atoms with van der Waals surface area (Å²) in [5, 5.41) is 7.35. The van der Waals surface area contributed by atoms with Gasteiger partial charge < -0.3 is 14.8 Å². The van der Waals surface area contributed by atoms with Crippen molar-refractivity contribution in [2.45, 2.75) is 88.3 Å². The largest absolute Gasteiger partial charge is 0.462 e. The van der Waals surface area contributed by atoms with E-state index < -0.39 is 21.1 Å². The molecule has 1 amide bonds. The van der Waals surface area contributed by atoms with Gasteiger partial charge in [0.25, 0.3) is 5.91 Å². The average Bonchev–Trinajstić information content (AvgIpc) is 3.28. The second-order valence-electron chi connectivity index (χ2n) is 12.0. The van der Waals surface area contributed by atoms with Crippen LogP contribution in [0.2, 0.25) is 0 Å². The standard InChI is InChI=1S/C31H41N3O7S/c1-3-34-28-26(19-31(20-32-29(28)36)14-17-40-18-15-31)27(33-34)5-4-16-41-30(37)23-8-12-25(13-9-23)42(38,39)24-10-6-22(7-11-24)21(2)35/h8-9,12-13,22,24H,3-7,10-11,14-20H2,1-2H3,(H,32,36). The molecule has 1 aliphatic carbocycles. The van der Waals surface area contributed by atoms with Crippen molar-refractivity contribution in [1.82, 2.24) is 15.1 Å². The molecule has 3 aliphatic rings. The third-order valence-corrected chi connectivity index (χ3v) is 11.6. The number of nitrogens with zero attached hydrogens (tertiary/aromatic N) is 2. The van der Waals surface area contributed by atoms with Crippen LogP contribution in [0.4, 0.5) is 0 Å². The van der Waals surface area contributed by atoms with Gasteiger partial charge in [-0.1, -0.05) is 0 Å². The molecule has 1 saturated heterocycles. The quantitative estimate of drug-likeness (QED) is 0.341. The lowest BCUT2D eigenvalue weighted by Gasteiger charge is -2.36. The Hall–Kier alpha value is -3.05. The molecule has 228 valence electrons. The third kappa shape index (κ3) is 6.32. The maximum absolute atomic E-state index is 13.1. The highest BCUT2D eigenvalue weighted by molar-refractivity contribution is 7.92. The summed E-state index contributed by atoms with van der Waals surface area (Å²) < 4.78 is 39.1. The lowest BCUT2D eigenvalue weighted by atomic mass is 9.75. The molecule has 1 aromatic heterocycles. The van der Waals surface area contributed by atoms with E-state index in [0.29, 0.717) is 70.5 Å². The molecule has 0 bridgehead atoms. The van der Waals surface area contributed by atoms with E-state index in [1.54, 1.807) is 11.6 Å². The van der Waals surface area contributed by atoms with Gasteiger partial charge in [0.15, 0.2) is 9.84 Å². The molecule has 42 heavy (non-hydrogen) atoms. The predicted molar refractivity (Wildman–Crippen MR) is 155 cm³/mol. The number of Topliss-reactive ketones (excluding diaryl/α,β-unsaturated/α-hetero) is 1. The predicted octanol–water partition coefficient (Wildman–Crippen LogP) is 3.70. The second kappa shape index (κ2) is 12.7. The number of benzene rings is 1. The van der Waals surface area contributed by atoms with Crippen LogP contribution < -0.4 is 5.32 Å². The number of aryl methyl sites for hydroxylation is 2. The average molecular weight is 600 g/mol. The van der Waals surface area contributed by atoms with Gasteiger partial charge in [-0.15, -0.1) is 0 Å². The van der Waals surface area contributed by atoms with Crippen molar-refractivity contribution < 1.29 is 32.3 Å². The van der Waals surface area contributed by atoms with Gasteiger partial charge in [-0.3, -0.25) is 14.3 Å². The monoisotopic (exact) mass is 599 g/mol. The molecule has 1 aromatic carbocycles. The van der Waals surface area contributed by atoms with Crippen LogP contribution in [0.25, 0.3) is 0 Å². The first kappa shape index (κ1) is 30.4. The minimum atomic E-state index is -3.54.